The second kappa shape index (κ2) is 10.1. The van der Waals surface area contributed by atoms with E-state index in [9.17, 15) is 17.6 Å². The van der Waals surface area contributed by atoms with Gasteiger partial charge in [-0.05, 0) is 51.8 Å². The van der Waals surface area contributed by atoms with Crippen molar-refractivity contribution in [1.82, 2.24) is 14.9 Å². The number of aromatic nitrogens is 2. The molecule has 2 fully saturated rings. The maximum Gasteiger partial charge on any atom is 0.410 e. The Morgan fingerprint density at radius 1 is 1.08 bits per heavy atom. The molecule has 0 bridgehead atoms. The molecule has 0 spiro atoms. The average Bonchev–Trinajstić information content (AvgIpc) is 3.66. The molecule has 1 saturated heterocycles. The fraction of sp³-hybridized carbons (Fsp3) is 0.542. The Morgan fingerprint density at radius 2 is 1.75 bits per heavy atom. The minimum Gasteiger partial charge on any atom is -0.487 e. The SMILES string of the molecule is COc1c(Oc2ccc(S(=O)(=O)C3CC3)cc2F)ncnc1OC1CCN(C(=O)OC(C)(C)C)CC1. The van der Waals surface area contributed by atoms with E-state index in [4.69, 9.17) is 18.9 Å². The zero-order valence-electron chi connectivity index (χ0n) is 20.7. The van der Waals surface area contributed by atoms with Gasteiger partial charge in [0.1, 0.15) is 18.0 Å². The Labute approximate surface area is 209 Å². The van der Waals surface area contributed by atoms with Crippen LogP contribution in [0.15, 0.2) is 29.4 Å². The van der Waals surface area contributed by atoms with E-state index in [1.807, 2.05) is 20.8 Å². The third-order valence-corrected chi connectivity index (χ3v) is 7.98. The molecule has 2 aromatic rings. The number of piperidine rings is 1. The molecule has 1 aromatic carbocycles. The Balaban J connectivity index is 1.43. The summed E-state index contributed by atoms with van der Waals surface area (Å²) in [5, 5.41) is -0.443. The number of hydrogen-bond donors (Lipinski definition) is 0. The molecule has 2 heterocycles. The van der Waals surface area contributed by atoms with Crippen LogP contribution in [0.2, 0.25) is 0 Å². The quantitative estimate of drug-likeness (QED) is 0.528. The lowest BCUT2D eigenvalue weighted by atomic mass is 10.1. The van der Waals surface area contributed by atoms with Crippen LogP contribution in [0.25, 0.3) is 0 Å². The van der Waals surface area contributed by atoms with E-state index in [0.717, 1.165) is 6.07 Å². The standard InChI is InChI=1S/C24H30FN3O7S/c1-24(2,3)35-23(29)28-11-9-15(10-12-28)33-21-20(32-4)22(27-14-26-21)34-19-8-7-17(13-18(19)25)36(30,31)16-5-6-16/h7-8,13-16H,5-6,9-12H2,1-4H3. The zero-order valence-corrected chi connectivity index (χ0v) is 21.5. The summed E-state index contributed by atoms with van der Waals surface area (Å²) in [7, 11) is -2.15. The van der Waals surface area contributed by atoms with Crippen molar-refractivity contribution in [1.29, 1.82) is 0 Å². The summed E-state index contributed by atoms with van der Waals surface area (Å²) in [5.74, 6) is -0.939. The zero-order chi connectivity index (χ0) is 26.1. The molecule has 2 aliphatic rings. The summed E-state index contributed by atoms with van der Waals surface area (Å²) in [6, 6.07) is 3.52. The summed E-state index contributed by atoms with van der Waals surface area (Å²) in [6.45, 7) is 6.36. The smallest absolute Gasteiger partial charge is 0.410 e. The highest BCUT2D eigenvalue weighted by atomic mass is 32.2. The van der Waals surface area contributed by atoms with E-state index >= 15 is 0 Å². The van der Waals surface area contributed by atoms with E-state index in [-0.39, 0.29) is 40.4 Å². The lowest BCUT2D eigenvalue weighted by Gasteiger charge is -2.33. The monoisotopic (exact) mass is 523 g/mol. The highest BCUT2D eigenvalue weighted by molar-refractivity contribution is 7.92. The second-order valence-electron chi connectivity index (χ2n) is 9.74. The second-order valence-corrected chi connectivity index (χ2v) is 12.0. The summed E-state index contributed by atoms with van der Waals surface area (Å²) in [5.41, 5.74) is -0.569. The van der Waals surface area contributed by atoms with Crippen molar-refractivity contribution < 1.29 is 36.6 Å². The van der Waals surface area contributed by atoms with Crippen LogP contribution >= 0.6 is 0 Å². The molecule has 4 rings (SSSR count). The van der Waals surface area contributed by atoms with Gasteiger partial charge in [0.25, 0.3) is 11.8 Å². The first-order chi connectivity index (χ1) is 17.0. The summed E-state index contributed by atoms with van der Waals surface area (Å²) in [6.07, 6.45) is 2.86. The van der Waals surface area contributed by atoms with Crippen molar-refractivity contribution in [3.63, 3.8) is 0 Å². The lowest BCUT2D eigenvalue weighted by molar-refractivity contribution is 0.0120. The Morgan fingerprint density at radius 3 is 2.33 bits per heavy atom. The number of ether oxygens (including phenoxy) is 4. The number of carbonyl (C=O) groups excluding carboxylic acids is 1. The number of halogens is 1. The van der Waals surface area contributed by atoms with Crippen molar-refractivity contribution in [3.05, 3.63) is 30.3 Å². The van der Waals surface area contributed by atoms with E-state index in [1.165, 1.54) is 25.6 Å². The Kier molecular flexibility index (Phi) is 7.26. The minimum atomic E-state index is -3.53. The summed E-state index contributed by atoms with van der Waals surface area (Å²) in [4.78, 5) is 22.0. The van der Waals surface area contributed by atoms with Crippen molar-refractivity contribution in [2.24, 2.45) is 0 Å². The van der Waals surface area contributed by atoms with Crippen molar-refractivity contribution in [2.45, 2.75) is 68.3 Å². The number of sulfone groups is 1. The van der Waals surface area contributed by atoms with Gasteiger partial charge in [-0.15, -0.1) is 0 Å². The van der Waals surface area contributed by atoms with E-state index in [1.54, 1.807) is 4.90 Å². The van der Waals surface area contributed by atoms with Crippen LogP contribution < -0.4 is 14.2 Å². The Bertz CT molecular complexity index is 1220. The molecule has 0 N–H and O–H groups in total. The molecule has 1 aromatic heterocycles. The van der Waals surface area contributed by atoms with Crippen molar-refractivity contribution in [2.75, 3.05) is 20.2 Å². The highest BCUT2D eigenvalue weighted by Crippen LogP contribution is 2.39. The third-order valence-electron chi connectivity index (χ3n) is 5.72. The minimum absolute atomic E-state index is 0.0705. The number of rotatable bonds is 7. The number of amides is 1. The normalized spacial score (nSPS) is 17.0. The van der Waals surface area contributed by atoms with Gasteiger partial charge < -0.3 is 23.8 Å². The predicted molar refractivity (Wildman–Crippen MR) is 127 cm³/mol. The molecule has 0 radical (unpaired) electrons. The first-order valence-electron chi connectivity index (χ1n) is 11.7. The number of carbonyl (C=O) groups is 1. The number of likely N-dealkylation sites (tertiary alicyclic amines) is 1. The molecule has 0 atom stereocenters. The number of benzene rings is 1. The Hall–Kier alpha value is -3.15. The molecule has 0 unspecified atom stereocenters. The fourth-order valence-electron chi connectivity index (χ4n) is 3.73. The van der Waals surface area contributed by atoms with Gasteiger partial charge in [-0.3, -0.25) is 0 Å². The molecule has 36 heavy (non-hydrogen) atoms. The molecule has 12 heteroatoms. The number of hydrogen-bond acceptors (Lipinski definition) is 9. The van der Waals surface area contributed by atoms with Gasteiger partial charge in [0.15, 0.2) is 21.4 Å². The molecule has 1 aliphatic carbocycles. The van der Waals surface area contributed by atoms with Gasteiger partial charge in [0.2, 0.25) is 5.75 Å². The molecular weight excluding hydrogens is 493 g/mol. The van der Waals surface area contributed by atoms with Gasteiger partial charge in [0, 0.05) is 25.9 Å². The van der Waals surface area contributed by atoms with E-state index < -0.39 is 26.5 Å². The predicted octanol–water partition coefficient (Wildman–Crippen LogP) is 4.13. The molecule has 10 nitrogen and oxygen atoms in total. The number of nitrogens with zero attached hydrogens (tertiary/aromatic N) is 3. The summed E-state index contributed by atoms with van der Waals surface area (Å²) < 4.78 is 61.9. The van der Waals surface area contributed by atoms with Crippen LogP contribution in [-0.4, -0.2) is 66.5 Å². The molecule has 1 amide bonds. The van der Waals surface area contributed by atoms with E-state index in [0.29, 0.717) is 38.8 Å². The highest BCUT2D eigenvalue weighted by Gasteiger charge is 2.37. The van der Waals surface area contributed by atoms with E-state index in [2.05, 4.69) is 9.97 Å². The van der Waals surface area contributed by atoms with Gasteiger partial charge >= 0.3 is 6.09 Å². The van der Waals surface area contributed by atoms with Crippen LogP contribution in [0.3, 0.4) is 0 Å². The molecule has 1 aliphatic heterocycles. The third kappa shape index (κ3) is 5.97. The van der Waals surface area contributed by atoms with Crippen LogP contribution in [0.1, 0.15) is 46.5 Å². The van der Waals surface area contributed by atoms with Crippen LogP contribution in [-0.2, 0) is 14.6 Å². The van der Waals surface area contributed by atoms with Gasteiger partial charge in [-0.25, -0.2) is 17.6 Å². The molecular formula is C24H30FN3O7S. The van der Waals surface area contributed by atoms with Crippen LogP contribution in [0.4, 0.5) is 9.18 Å². The summed E-state index contributed by atoms with van der Waals surface area (Å²) >= 11 is 0. The first-order valence-corrected chi connectivity index (χ1v) is 13.3. The number of methoxy groups -OCH3 is 1. The van der Waals surface area contributed by atoms with Gasteiger partial charge in [-0.1, -0.05) is 0 Å². The molecule has 196 valence electrons. The van der Waals surface area contributed by atoms with Crippen LogP contribution in [0, 0.1) is 5.82 Å². The first kappa shape index (κ1) is 25.9. The van der Waals surface area contributed by atoms with Gasteiger partial charge in [0.05, 0.1) is 17.3 Å². The van der Waals surface area contributed by atoms with Crippen molar-refractivity contribution >= 4 is 15.9 Å². The maximum absolute atomic E-state index is 14.7. The fourth-order valence-corrected chi connectivity index (χ4v) is 5.40. The topological polar surface area (TPSA) is 117 Å². The average molecular weight is 524 g/mol. The lowest BCUT2D eigenvalue weighted by Crippen LogP contribution is -2.44. The van der Waals surface area contributed by atoms with Crippen molar-refractivity contribution in [3.8, 4) is 23.3 Å². The van der Waals surface area contributed by atoms with Gasteiger partial charge in [-0.2, -0.15) is 9.97 Å². The largest absolute Gasteiger partial charge is 0.487 e. The maximum atomic E-state index is 14.7. The molecule has 1 saturated carbocycles. The van der Waals surface area contributed by atoms with Crippen LogP contribution in [0.5, 0.6) is 23.3 Å².